The van der Waals surface area contributed by atoms with E-state index in [4.69, 9.17) is 15.0 Å². The zero-order valence-corrected chi connectivity index (χ0v) is 17.2. The minimum Gasteiger partial charge on any atom is -0.452 e. The van der Waals surface area contributed by atoms with E-state index in [1.165, 1.54) is 22.2 Å². The number of esters is 1. The Morgan fingerprint density at radius 3 is 2.47 bits per heavy atom. The maximum absolute atomic E-state index is 12.5. The molecule has 0 bridgehead atoms. The molecule has 160 valence electrons. The second kappa shape index (κ2) is 9.09. The van der Waals surface area contributed by atoms with Gasteiger partial charge in [-0.25, -0.2) is 13.2 Å². The highest BCUT2D eigenvalue weighted by molar-refractivity contribution is 7.92. The van der Waals surface area contributed by atoms with Crippen LogP contribution in [0.1, 0.15) is 21.6 Å². The second-order valence-electron chi connectivity index (χ2n) is 6.62. The number of sulfonamides is 1. The number of hydrogen-bond donors (Lipinski definition) is 1. The van der Waals surface area contributed by atoms with Crippen LogP contribution in [-0.4, -0.2) is 67.4 Å². The lowest BCUT2D eigenvalue weighted by Gasteiger charge is -2.33. The van der Waals surface area contributed by atoms with Crippen LogP contribution in [0.5, 0.6) is 0 Å². The van der Waals surface area contributed by atoms with Crippen molar-refractivity contribution in [3.05, 3.63) is 52.6 Å². The molecule has 0 aliphatic carbocycles. The normalized spacial score (nSPS) is 15.4. The van der Waals surface area contributed by atoms with Crippen LogP contribution in [0.15, 0.2) is 40.3 Å². The smallest absolute Gasteiger partial charge is 0.346 e. The summed E-state index contributed by atoms with van der Waals surface area (Å²) in [4.78, 5) is 25.8. The Kier molecular flexibility index (Phi) is 6.53. The molecule has 1 fully saturated rings. The number of aryl methyl sites for hydroxylation is 1. The van der Waals surface area contributed by atoms with Gasteiger partial charge in [0, 0.05) is 31.6 Å². The Hall–Kier alpha value is -3.18. The van der Waals surface area contributed by atoms with Crippen LogP contribution < -0.4 is 5.73 Å². The number of nitrogen functional groups attached to an aromatic ring is 1. The zero-order valence-electron chi connectivity index (χ0n) is 16.4. The van der Waals surface area contributed by atoms with E-state index in [0.717, 1.165) is 11.0 Å². The van der Waals surface area contributed by atoms with E-state index < -0.39 is 28.5 Å². The lowest BCUT2D eigenvalue weighted by atomic mass is 10.2. The highest BCUT2D eigenvalue weighted by Crippen LogP contribution is 2.17. The zero-order chi connectivity index (χ0) is 21.7. The number of carbonyl (C=O) groups excluding carboxylic acids is 2. The predicted molar refractivity (Wildman–Crippen MR) is 108 cm³/mol. The van der Waals surface area contributed by atoms with Gasteiger partial charge in [0.2, 0.25) is 15.9 Å². The summed E-state index contributed by atoms with van der Waals surface area (Å²) < 4.78 is 36.0. The van der Waals surface area contributed by atoms with Crippen molar-refractivity contribution in [1.82, 2.24) is 14.4 Å². The van der Waals surface area contributed by atoms with Gasteiger partial charge < -0.3 is 19.9 Å². The molecule has 2 aromatic rings. The first kappa shape index (κ1) is 21.5. The van der Waals surface area contributed by atoms with E-state index in [2.05, 4.69) is 5.16 Å². The quantitative estimate of drug-likeness (QED) is 0.662. The molecule has 1 aromatic heterocycles. The van der Waals surface area contributed by atoms with Gasteiger partial charge in [0.05, 0.1) is 5.69 Å². The fourth-order valence-corrected chi connectivity index (χ4v) is 4.11. The molecule has 10 nitrogen and oxygen atoms in total. The number of rotatable bonds is 6. The van der Waals surface area contributed by atoms with Crippen LogP contribution in [0.2, 0.25) is 0 Å². The third-order valence-corrected chi connectivity index (χ3v) is 6.17. The average molecular weight is 434 g/mol. The van der Waals surface area contributed by atoms with Crippen LogP contribution in [0, 0.1) is 6.92 Å². The summed E-state index contributed by atoms with van der Waals surface area (Å²) in [5, 5.41) is 4.72. The summed E-state index contributed by atoms with van der Waals surface area (Å²) in [7, 11) is -3.60. The highest BCUT2D eigenvalue weighted by Gasteiger charge is 2.28. The Morgan fingerprint density at radius 2 is 1.87 bits per heavy atom. The van der Waals surface area contributed by atoms with Crippen molar-refractivity contribution < 1.29 is 27.3 Å². The maximum Gasteiger partial charge on any atom is 0.346 e. The Bertz CT molecular complexity index is 1020. The van der Waals surface area contributed by atoms with Crippen molar-refractivity contribution in [3.8, 4) is 0 Å². The predicted octanol–water partition coefficient (Wildman–Crippen LogP) is 0.867. The molecule has 1 aliphatic rings. The fourth-order valence-electron chi connectivity index (χ4n) is 2.93. The number of anilines is 1. The summed E-state index contributed by atoms with van der Waals surface area (Å²) in [6, 6.07) is 9.10. The largest absolute Gasteiger partial charge is 0.452 e. The maximum atomic E-state index is 12.5. The lowest BCUT2D eigenvalue weighted by Crippen LogP contribution is -2.51. The molecule has 0 spiro atoms. The number of nitrogens with two attached hydrogens (primary N) is 1. The summed E-state index contributed by atoms with van der Waals surface area (Å²) in [5.74, 6) is -1.40. The number of carbonyl (C=O) groups is 2. The van der Waals surface area contributed by atoms with Crippen LogP contribution in [0.25, 0.3) is 6.08 Å². The first-order valence-corrected chi connectivity index (χ1v) is 10.7. The van der Waals surface area contributed by atoms with Gasteiger partial charge in [0.25, 0.3) is 5.91 Å². The Labute approximate surface area is 173 Å². The first-order chi connectivity index (χ1) is 14.3. The summed E-state index contributed by atoms with van der Waals surface area (Å²) >= 11 is 0. The van der Waals surface area contributed by atoms with Crippen molar-refractivity contribution >= 4 is 33.9 Å². The molecule has 2 heterocycles. The van der Waals surface area contributed by atoms with Gasteiger partial charge in [-0.2, -0.15) is 4.31 Å². The number of ether oxygens (including phenoxy) is 1. The van der Waals surface area contributed by atoms with E-state index in [1.54, 1.807) is 12.1 Å². The van der Waals surface area contributed by atoms with Gasteiger partial charge >= 0.3 is 5.97 Å². The van der Waals surface area contributed by atoms with Crippen LogP contribution >= 0.6 is 0 Å². The number of benzene rings is 1. The molecule has 3 rings (SSSR count). The van der Waals surface area contributed by atoms with Gasteiger partial charge in [-0.3, -0.25) is 4.79 Å². The number of amides is 1. The van der Waals surface area contributed by atoms with Gasteiger partial charge in [0.1, 0.15) is 5.56 Å². The summed E-state index contributed by atoms with van der Waals surface area (Å²) in [6.07, 6.45) is 1.53. The number of aromatic nitrogens is 1. The summed E-state index contributed by atoms with van der Waals surface area (Å²) in [6.45, 7) is 1.75. The molecule has 1 amide bonds. The van der Waals surface area contributed by atoms with Crippen molar-refractivity contribution in [3.63, 3.8) is 0 Å². The fraction of sp³-hybridized carbons (Fsp3) is 0.316. The molecular weight excluding hydrogens is 412 g/mol. The van der Waals surface area contributed by atoms with Crippen LogP contribution in [0.3, 0.4) is 0 Å². The lowest BCUT2D eigenvalue weighted by molar-refractivity contribution is -0.135. The molecule has 0 saturated carbocycles. The van der Waals surface area contributed by atoms with Gasteiger partial charge in [0.15, 0.2) is 6.61 Å². The molecule has 0 unspecified atom stereocenters. The molecule has 11 heteroatoms. The third kappa shape index (κ3) is 5.05. The van der Waals surface area contributed by atoms with Gasteiger partial charge in [-0.05, 0) is 18.6 Å². The van der Waals surface area contributed by atoms with E-state index in [9.17, 15) is 18.0 Å². The minimum absolute atomic E-state index is 0.0103. The van der Waals surface area contributed by atoms with E-state index in [-0.39, 0.29) is 43.3 Å². The average Bonchev–Trinajstić information content (AvgIpc) is 3.09. The minimum atomic E-state index is -3.60. The Balaban J connectivity index is 1.50. The van der Waals surface area contributed by atoms with Crippen LogP contribution in [0.4, 0.5) is 5.88 Å². The van der Waals surface area contributed by atoms with Crippen molar-refractivity contribution in [2.45, 2.75) is 6.92 Å². The molecule has 2 N–H and O–H groups in total. The molecule has 1 saturated heterocycles. The third-order valence-electron chi connectivity index (χ3n) is 4.60. The number of piperazine rings is 1. The van der Waals surface area contributed by atoms with Crippen molar-refractivity contribution in [1.29, 1.82) is 0 Å². The van der Waals surface area contributed by atoms with E-state index in [0.29, 0.717) is 0 Å². The van der Waals surface area contributed by atoms with E-state index >= 15 is 0 Å². The Morgan fingerprint density at radius 1 is 1.20 bits per heavy atom. The number of hydrogen-bond acceptors (Lipinski definition) is 8. The molecular formula is C19H22N4O6S. The first-order valence-electron chi connectivity index (χ1n) is 9.18. The van der Waals surface area contributed by atoms with Gasteiger partial charge in [-0.15, -0.1) is 0 Å². The highest BCUT2D eigenvalue weighted by atomic mass is 32.2. The molecule has 0 atom stereocenters. The van der Waals surface area contributed by atoms with Crippen molar-refractivity contribution in [2.75, 3.05) is 38.5 Å². The number of nitrogens with zero attached hydrogens (tertiary/aromatic N) is 3. The van der Waals surface area contributed by atoms with E-state index in [1.807, 2.05) is 18.2 Å². The molecule has 1 aromatic carbocycles. The molecule has 1 aliphatic heterocycles. The molecule has 0 radical (unpaired) electrons. The standard InChI is InChI=1S/C19H22N4O6S/c1-14-17(18(20)29-21-14)19(25)28-13-16(24)22-8-10-23(11-9-22)30(26,27)12-7-15-5-3-2-4-6-15/h2-7,12H,8-11,13,20H2,1H3/b12-7+. The van der Waals surface area contributed by atoms with Gasteiger partial charge in [-0.1, -0.05) is 35.5 Å². The second-order valence-corrected chi connectivity index (χ2v) is 8.44. The SMILES string of the molecule is Cc1noc(N)c1C(=O)OCC(=O)N1CCN(S(=O)(=O)/C=C/c2ccccc2)CC1. The monoisotopic (exact) mass is 434 g/mol. The van der Waals surface area contributed by atoms with Crippen molar-refractivity contribution in [2.24, 2.45) is 0 Å². The summed E-state index contributed by atoms with van der Waals surface area (Å²) in [5.41, 5.74) is 6.55. The van der Waals surface area contributed by atoms with Crippen LogP contribution in [-0.2, 0) is 19.6 Å². The molecule has 30 heavy (non-hydrogen) atoms. The topological polar surface area (TPSA) is 136 Å².